The van der Waals surface area contributed by atoms with Crippen LogP contribution in [0.15, 0.2) is 42.5 Å². The van der Waals surface area contributed by atoms with Gasteiger partial charge >= 0.3 is 5.97 Å². The molecule has 1 heterocycles. The van der Waals surface area contributed by atoms with Crippen molar-refractivity contribution in [3.05, 3.63) is 69.3 Å². The van der Waals surface area contributed by atoms with Crippen molar-refractivity contribution in [3.8, 4) is 0 Å². The SMILES string of the molecule is O=Cc1c(C(=O)O)n(Cc2ccc(Cl)c(Cl)c2)c2ccccc12. The molecule has 3 aromatic rings. The average Bonchev–Trinajstić information content (AvgIpc) is 2.85. The van der Waals surface area contributed by atoms with Crippen LogP contribution >= 0.6 is 23.2 Å². The lowest BCUT2D eigenvalue weighted by Crippen LogP contribution is -2.11. The van der Waals surface area contributed by atoms with Crippen LogP contribution in [-0.2, 0) is 6.54 Å². The summed E-state index contributed by atoms with van der Waals surface area (Å²) in [5, 5.41) is 11.0. The zero-order valence-electron chi connectivity index (χ0n) is 11.8. The van der Waals surface area contributed by atoms with Gasteiger partial charge in [-0.3, -0.25) is 4.79 Å². The highest BCUT2D eigenvalue weighted by Crippen LogP contribution is 2.28. The van der Waals surface area contributed by atoms with Crippen LogP contribution in [0.2, 0.25) is 10.0 Å². The number of hydrogen-bond donors (Lipinski definition) is 1. The summed E-state index contributed by atoms with van der Waals surface area (Å²) in [5.41, 5.74) is 1.61. The number of aromatic nitrogens is 1. The average molecular weight is 348 g/mol. The number of rotatable bonds is 4. The van der Waals surface area contributed by atoms with Crippen LogP contribution < -0.4 is 0 Å². The van der Waals surface area contributed by atoms with E-state index in [1.165, 1.54) is 0 Å². The van der Waals surface area contributed by atoms with E-state index >= 15 is 0 Å². The minimum Gasteiger partial charge on any atom is -0.477 e. The van der Waals surface area contributed by atoms with Gasteiger partial charge in [-0.05, 0) is 23.8 Å². The molecule has 0 spiro atoms. The van der Waals surface area contributed by atoms with Crippen molar-refractivity contribution in [2.24, 2.45) is 0 Å². The van der Waals surface area contributed by atoms with Gasteiger partial charge in [-0.25, -0.2) is 4.79 Å². The first-order chi connectivity index (χ1) is 11.0. The molecule has 1 N–H and O–H groups in total. The van der Waals surface area contributed by atoms with E-state index < -0.39 is 5.97 Å². The number of nitrogens with zero attached hydrogens (tertiary/aromatic N) is 1. The van der Waals surface area contributed by atoms with Crippen LogP contribution in [0.4, 0.5) is 0 Å². The number of carbonyl (C=O) groups excluding carboxylic acids is 1. The van der Waals surface area contributed by atoms with Gasteiger partial charge in [0.15, 0.2) is 6.29 Å². The summed E-state index contributed by atoms with van der Waals surface area (Å²) in [6.07, 6.45) is 0.580. The van der Waals surface area contributed by atoms with Crippen molar-refractivity contribution >= 4 is 46.4 Å². The van der Waals surface area contributed by atoms with Gasteiger partial charge in [-0.1, -0.05) is 47.5 Å². The number of benzene rings is 2. The van der Waals surface area contributed by atoms with Crippen molar-refractivity contribution < 1.29 is 14.7 Å². The number of carbonyl (C=O) groups is 2. The van der Waals surface area contributed by atoms with E-state index in [9.17, 15) is 14.7 Å². The van der Waals surface area contributed by atoms with Gasteiger partial charge in [0.05, 0.1) is 15.6 Å². The van der Waals surface area contributed by atoms with Crippen LogP contribution in [0, 0.1) is 0 Å². The molecule has 0 fully saturated rings. The monoisotopic (exact) mass is 347 g/mol. The van der Waals surface area contributed by atoms with E-state index in [2.05, 4.69) is 0 Å². The number of carboxylic acid groups (broad SMARTS) is 1. The zero-order chi connectivity index (χ0) is 16.6. The van der Waals surface area contributed by atoms with Crippen LogP contribution in [0.1, 0.15) is 26.4 Å². The fourth-order valence-corrected chi connectivity index (χ4v) is 2.99. The standard InChI is InChI=1S/C17H11Cl2NO3/c18-13-6-5-10(7-14(13)19)8-20-15-4-2-1-3-11(15)12(9-21)16(20)17(22)23/h1-7,9H,8H2,(H,22,23). The molecule has 0 unspecified atom stereocenters. The molecule has 0 aliphatic heterocycles. The molecule has 4 nitrogen and oxygen atoms in total. The molecule has 0 bridgehead atoms. The van der Waals surface area contributed by atoms with Crippen molar-refractivity contribution in [1.82, 2.24) is 4.57 Å². The number of carboxylic acids is 1. The molecule has 6 heteroatoms. The minimum atomic E-state index is -1.15. The Balaban J connectivity index is 2.23. The second kappa shape index (κ2) is 6.07. The second-order valence-corrected chi connectivity index (χ2v) is 5.85. The second-order valence-electron chi connectivity index (χ2n) is 5.04. The smallest absolute Gasteiger partial charge is 0.353 e. The third-order valence-corrected chi connectivity index (χ3v) is 4.39. The topological polar surface area (TPSA) is 59.3 Å². The number of halogens is 2. The maximum atomic E-state index is 11.7. The van der Waals surface area contributed by atoms with Gasteiger partial charge in [0.2, 0.25) is 0 Å². The Labute approximate surface area is 141 Å². The van der Waals surface area contributed by atoms with E-state index in [0.717, 1.165) is 5.56 Å². The summed E-state index contributed by atoms with van der Waals surface area (Å²) < 4.78 is 1.60. The molecular weight excluding hydrogens is 337 g/mol. The largest absolute Gasteiger partial charge is 0.477 e. The maximum absolute atomic E-state index is 11.7. The molecule has 0 radical (unpaired) electrons. The molecule has 0 atom stereocenters. The number of fused-ring (bicyclic) bond motifs is 1. The Morgan fingerprint density at radius 2 is 1.87 bits per heavy atom. The van der Waals surface area contributed by atoms with E-state index in [1.54, 1.807) is 47.0 Å². The fraction of sp³-hybridized carbons (Fsp3) is 0.0588. The van der Waals surface area contributed by atoms with Gasteiger partial charge in [0.1, 0.15) is 5.69 Å². The predicted molar refractivity (Wildman–Crippen MR) is 89.8 cm³/mol. The van der Waals surface area contributed by atoms with Crippen molar-refractivity contribution in [2.45, 2.75) is 6.54 Å². The van der Waals surface area contributed by atoms with Gasteiger partial charge in [0, 0.05) is 17.4 Å². The summed E-state index contributed by atoms with van der Waals surface area (Å²) in [7, 11) is 0. The van der Waals surface area contributed by atoms with Crippen molar-refractivity contribution in [1.29, 1.82) is 0 Å². The molecule has 0 amide bonds. The molecule has 0 saturated carbocycles. The van der Waals surface area contributed by atoms with Crippen molar-refractivity contribution in [3.63, 3.8) is 0 Å². The molecule has 2 aromatic carbocycles. The quantitative estimate of drug-likeness (QED) is 0.706. The number of aldehydes is 1. The molecule has 0 aliphatic carbocycles. The Morgan fingerprint density at radius 3 is 2.52 bits per heavy atom. The highest BCUT2D eigenvalue weighted by atomic mass is 35.5. The Bertz CT molecular complexity index is 931. The normalized spacial score (nSPS) is 10.9. The summed E-state index contributed by atoms with van der Waals surface area (Å²) in [6, 6.07) is 12.2. The summed E-state index contributed by atoms with van der Waals surface area (Å²) in [5.74, 6) is -1.15. The first-order valence-electron chi connectivity index (χ1n) is 6.76. The molecule has 1 aromatic heterocycles. The lowest BCUT2D eigenvalue weighted by molar-refractivity contribution is 0.0683. The lowest BCUT2D eigenvalue weighted by Gasteiger charge is -2.09. The maximum Gasteiger partial charge on any atom is 0.353 e. The van der Waals surface area contributed by atoms with Gasteiger partial charge in [-0.2, -0.15) is 0 Å². The predicted octanol–water partition coefficient (Wildman–Crippen LogP) is 4.51. The molecule has 0 saturated heterocycles. The Kier molecular flexibility index (Phi) is 4.11. The van der Waals surface area contributed by atoms with Crippen LogP contribution in [0.3, 0.4) is 0 Å². The van der Waals surface area contributed by atoms with Gasteiger partial charge in [-0.15, -0.1) is 0 Å². The summed E-state index contributed by atoms with van der Waals surface area (Å²) >= 11 is 11.9. The highest BCUT2D eigenvalue weighted by Gasteiger charge is 2.22. The van der Waals surface area contributed by atoms with Crippen LogP contribution in [-0.4, -0.2) is 21.9 Å². The molecular formula is C17H11Cl2NO3. The van der Waals surface area contributed by atoms with Gasteiger partial charge < -0.3 is 9.67 Å². The van der Waals surface area contributed by atoms with Crippen LogP contribution in [0.5, 0.6) is 0 Å². The molecule has 116 valence electrons. The van der Waals surface area contributed by atoms with E-state index in [4.69, 9.17) is 23.2 Å². The molecule has 3 rings (SSSR count). The van der Waals surface area contributed by atoms with E-state index in [-0.39, 0.29) is 17.8 Å². The Hall–Kier alpha value is -2.30. The molecule has 0 aliphatic rings. The summed E-state index contributed by atoms with van der Waals surface area (Å²) in [4.78, 5) is 23.1. The lowest BCUT2D eigenvalue weighted by atomic mass is 10.1. The fourth-order valence-electron chi connectivity index (χ4n) is 2.66. The Morgan fingerprint density at radius 1 is 1.13 bits per heavy atom. The highest BCUT2D eigenvalue weighted by molar-refractivity contribution is 6.42. The number of aromatic carboxylic acids is 1. The first-order valence-corrected chi connectivity index (χ1v) is 7.52. The zero-order valence-corrected chi connectivity index (χ0v) is 13.3. The molecule has 23 heavy (non-hydrogen) atoms. The van der Waals surface area contributed by atoms with E-state index in [1.807, 2.05) is 0 Å². The summed E-state index contributed by atoms with van der Waals surface area (Å²) in [6.45, 7) is 0.271. The third-order valence-electron chi connectivity index (χ3n) is 3.66. The van der Waals surface area contributed by atoms with Crippen LogP contribution in [0.25, 0.3) is 10.9 Å². The van der Waals surface area contributed by atoms with E-state index in [0.29, 0.717) is 27.2 Å². The van der Waals surface area contributed by atoms with Gasteiger partial charge in [0.25, 0.3) is 0 Å². The van der Waals surface area contributed by atoms with Crippen molar-refractivity contribution in [2.75, 3.05) is 0 Å². The number of para-hydroxylation sites is 1. The minimum absolute atomic E-state index is 0.0349. The first kappa shape index (κ1) is 15.6. The number of hydrogen-bond acceptors (Lipinski definition) is 2. The third kappa shape index (κ3) is 2.71.